The van der Waals surface area contributed by atoms with Crippen LogP contribution in [0, 0.1) is 57.2 Å². The predicted molar refractivity (Wildman–Crippen MR) is 246 cm³/mol. The minimum atomic E-state index is -0.942. The van der Waals surface area contributed by atoms with Gasteiger partial charge in [0.05, 0.1) is 23.3 Å². The van der Waals surface area contributed by atoms with Gasteiger partial charge in [0, 0.05) is 50.5 Å². The van der Waals surface area contributed by atoms with E-state index in [-0.39, 0.29) is 65.0 Å². The number of pyridine rings is 2. The van der Waals surface area contributed by atoms with Gasteiger partial charge in [0.15, 0.2) is 0 Å². The maximum atomic E-state index is 12.8. The number of nitrogens with two attached hydrogens (primary N) is 1. The summed E-state index contributed by atoms with van der Waals surface area (Å²) in [6, 6.07) is 6.67. The molecule has 0 aliphatic heterocycles. The lowest BCUT2D eigenvalue weighted by Gasteiger charge is -2.52. The summed E-state index contributed by atoms with van der Waals surface area (Å²) in [6.07, 6.45) is 20.0. The molecular formula is C52H78N4O7. The summed E-state index contributed by atoms with van der Waals surface area (Å²) in [5, 5.41) is 52.0. The molecule has 2 aromatic rings. The van der Waals surface area contributed by atoms with Gasteiger partial charge < -0.3 is 36.6 Å². The van der Waals surface area contributed by atoms with Crippen LogP contribution < -0.4 is 11.1 Å². The van der Waals surface area contributed by atoms with E-state index >= 15 is 0 Å². The molecular weight excluding hydrogens is 793 g/mol. The van der Waals surface area contributed by atoms with Crippen molar-refractivity contribution >= 4 is 11.9 Å². The Labute approximate surface area is 376 Å². The van der Waals surface area contributed by atoms with Crippen molar-refractivity contribution in [2.24, 2.45) is 62.9 Å². The molecule has 0 aromatic carbocycles. The van der Waals surface area contributed by atoms with E-state index in [9.17, 15) is 30.0 Å². The number of aromatic nitrogens is 2. The zero-order valence-corrected chi connectivity index (χ0v) is 39.0. The Morgan fingerprint density at radius 1 is 0.683 bits per heavy atom. The first kappa shape index (κ1) is 49.0. The van der Waals surface area contributed by atoms with Crippen LogP contribution >= 0.6 is 0 Å². The van der Waals surface area contributed by atoms with Crippen LogP contribution in [0.3, 0.4) is 0 Å². The molecule has 1 amide bonds. The summed E-state index contributed by atoms with van der Waals surface area (Å²) in [5.74, 6) is 1.04. The number of allylic oxidation sites excluding steroid dienone is 2. The second-order valence-electron chi connectivity index (χ2n) is 21.6. The van der Waals surface area contributed by atoms with E-state index in [0.717, 1.165) is 57.9 Å². The molecule has 6 aliphatic carbocycles. The Morgan fingerprint density at radius 2 is 1.14 bits per heavy atom. The van der Waals surface area contributed by atoms with E-state index in [1.165, 1.54) is 50.6 Å². The Morgan fingerprint density at radius 3 is 1.56 bits per heavy atom. The highest BCUT2D eigenvalue weighted by Gasteiger charge is 2.53. The van der Waals surface area contributed by atoms with E-state index in [4.69, 9.17) is 10.8 Å². The van der Waals surface area contributed by atoms with Crippen molar-refractivity contribution < 1.29 is 35.1 Å². The molecule has 0 unspecified atom stereocenters. The molecule has 2 heterocycles. The van der Waals surface area contributed by atoms with Gasteiger partial charge in [-0.2, -0.15) is 0 Å². The van der Waals surface area contributed by atoms with Gasteiger partial charge >= 0.3 is 5.97 Å². The van der Waals surface area contributed by atoms with Gasteiger partial charge in [-0.15, -0.1) is 0 Å². The van der Waals surface area contributed by atoms with Crippen LogP contribution in [0.25, 0.3) is 0 Å². The SMILES string of the molecule is CC1(C)CCC2=C1CC[C@H]([C@@]1(C)CC[C@H](O)C[C@@H]1CO)[C@H]2CN.CC1(C)CCC2=C1CC[C@H]([C@@]1(C)CC[C@H](O)C[C@@H]1CO)[C@H]2CNC(=O)c1cccnc1.O=C(O)c1cccnc1. The number of carbonyl (C=O) groups excluding carboxylic acids is 1. The molecule has 348 valence electrons. The first-order valence-corrected chi connectivity index (χ1v) is 23.9. The zero-order chi connectivity index (χ0) is 45.7. The molecule has 8 rings (SSSR count). The topological polar surface area (TPSA) is 199 Å². The number of nitrogens with one attached hydrogen (secondary N) is 1. The van der Waals surface area contributed by atoms with Crippen molar-refractivity contribution in [2.75, 3.05) is 26.3 Å². The zero-order valence-electron chi connectivity index (χ0n) is 39.0. The van der Waals surface area contributed by atoms with Gasteiger partial charge in [0.2, 0.25) is 0 Å². The summed E-state index contributed by atoms with van der Waals surface area (Å²) in [4.78, 5) is 30.7. The molecule has 6 aliphatic rings. The standard InChI is InChI=1S/C26H38N2O3.C20H35NO2.C6H5NO2/c1-25(2)10-9-20-21(15-28-24(31)17-5-4-12-27-14-17)23(7-6-22(20)25)26(3)11-8-19(30)13-18(26)16-29;1-19(2)8-7-15-16(11-21)18(5-4-17(15)19)20(3)9-6-14(23)10-13(20)12-22;8-6(9)5-2-1-3-7-4-5/h4-5,12,14,18-19,21,23,29-30H,6-11,13,15-16H2,1-3H3,(H,28,31);13-14,16,18,22-23H,4-12,21H2,1-3H3;1-4H,(H,8,9)/t18-,19+,21+,23+,26+;13-,14+,16+,18+,20+;/m11./s1. The number of carboxylic acids is 1. The van der Waals surface area contributed by atoms with E-state index in [1.54, 1.807) is 52.9 Å². The summed E-state index contributed by atoms with van der Waals surface area (Å²) in [7, 11) is 0. The number of nitrogens with zero attached hydrogens (tertiary/aromatic N) is 2. The lowest BCUT2D eigenvalue weighted by Crippen LogP contribution is -2.49. The van der Waals surface area contributed by atoms with Crippen molar-refractivity contribution in [1.82, 2.24) is 15.3 Å². The highest BCUT2D eigenvalue weighted by atomic mass is 16.4. The highest BCUT2D eigenvalue weighted by molar-refractivity contribution is 5.93. The number of aliphatic hydroxyl groups is 4. The normalized spacial score (nSPS) is 34.4. The number of carboxylic acid groups (broad SMARTS) is 1. The van der Waals surface area contributed by atoms with Gasteiger partial charge in [0.25, 0.3) is 5.91 Å². The van der Waals surface area contributed by atoms with Crippen molar-refractivity contribution in [3.63, 3.8) is 0 Å². The second kappa shape index (κ2) is 20.4. The number of aliphatic hydroxyl groups excluding tert-OH is 4. The first-order chi connectivity index (χ1) is 29.9. The molecule has 11 heteroatoms. The quantitative estimate of drug-likeness (QED) is 0.121. The van der Waals surface area contributed by atoms with Crippen molar-refractivity contribution in [3.05, 3.63) is 82.5 Å². The lowest BCUT2D eigenvalue weighted by atomic mass is 9.53. The molecule has 63 heavy (non-hydrogen) atoms. The molecule has 2 saturated carbocycles. The Hall–Kier alpha value is -3.48. The minimum absolute atomic E-state index is 0.0249. The van der Waals surface area contributed by atoms with Gasteiger partial charge in [0.1, 0.15) is 0 Å². The number of aromatic carboxylic acids is 1. The first-order valence-electron chi connectivity index (χ1n) is 23.9. The molecule has 0 bridgehead atoms. The Balaban J connectivity index is 0.000000180. The molecule has 0 radical (unpaired) electrons. The second-order valence-corrected chi connectivity index (χ2v) is 21.6. The predicted octanol–water partition coefficient (Wildman–Crippen LogP) is 8.14. The van der Waals surface area contributed by atoms with Gasteiger partial charge in [-0.1, -0.05) is 63.8 Å². The molecule has 2 fully saturated rings. The van der Waals surface area contributed by atoms with Crippen LogP contribution in [0.1, 0.15) is 152 Å². The average molecular weight is 871 g/mol. The van der Waals surface area contributed by atoms with E-state index < -0.39 is 5.97 Å². The van der Waals surface area contributed by atoms with E-state index in [1.807, 2.05) is 0 Å². The molecule has 0 saturated heterocycles. The molecule has 10 atom stereocenters. The fourth-order valence-electron chi connectivity index (χ4n) is 13.4. The Bertz CT molecular complexity index is 1930. The number of hydrogen-bond acceptors (Lipinski definition) is 9. The van der Waals surface area contributed by atoms with Crippen LogP contribution in [0.5, 0.6) is 0 Å². The number of carbonyl (C=O) groups is 2. The molecule has 11 nitrogen and oxygen atoms in total. The van der Waals surface area contributed by atoms with Crippen molar-refractivity contribution in [2.45, 2.75) is 144 Å². The molecule has 0 spiro atoms. The minimum Gasteiger partial charge on any atom is -0.478 e. The highest BCUT2D eigenvalue weighted by Crippen LogP contribution is 2.60. The summed E-state index contributed by atoms with van der Waals surface area (Å²) < 4.78 is 0. The van der Waals surface area contributed by atoms with Gasteiger partial charge in [-0.25, -0.2) is 4.79 Å². The van der Waals surface area contributed by atoms with Gasteiger partial charge in [-0.05, 0) is 172 Å². The summed E-state index contributed by atoms with van der Waals surface area (Å²) >= 11 is 0. The number of hydrogen-bond donors (Lipinski definition) is 7. The van der Waals surface area contributed by atoms with Crippen LogP contribution in [-0.4, -0.2) is 85.9 Å². The molecule has 2 aromatic heterocycles. The maximum absolute atomic E-state index is 12.8. The van der Waals surface area contributed by atoms with Crippen molar-refractivity contribution in [3.8, 4) is 0 Å². The summed E-state index contributed by atoms with van der Waals surface area (Å²) in [5.41, 5.74) is 14.3. The summed E-state index contributed by atoms with van der Waals surface area (Å²) in [6.45, 7) is 15.8. The largest absolute Gasteiger partial charge is 0.478 e. The fourth-order valence-corrected chi connectivity index (χ4v) is 13.4. The van der Waals surface area contributed by atoms with Crippen LogP contribution in [-0.2, 0) is 0 Å². The maximum Gasteiger partial charge on any atom is 0.337 e. The van der Waals surface area contributed by atoms with E-state index in [2.05, 4.69) is 56.8 Å². The average Bonchev–Trinajstić information content (AvgIpc) is 3.78. The molecule has 8 N–H and O–H groups in total. The third-order valence-corrected chi connectivity index (χ3v) is 17.4. The smallest absolute Gasteiger partial charge is 0.337 e. The number of rotatable bonds is 9. The third-order valence-electron chi connectivity index (χ3n) is 17.4. The van der Waals surface area contributed by atoms with Gasteiger partial charge in [-0.3, -0.25) is 14.8 Å². The number of amides is 1. The van der Waals surface area contributed by atoms with Crippen LogP contribution in [0.15, 0.2) is 71.3 Å². The van der Waals surface area contributed by atoms with Crippen LogP contribution in [0.4, 0.5) is 0 Å². The Kier molecular flexibility index (Phi) is 15.8. The monoisotopic (exact) mass is 871 g/mol. The fraction of sp³-hybridized carbons (Fsp3) is 0.692. The third kappa shape index (κ3) is 10.5. The lowest BCUT2D eigenvalue weighted by molar-refractivity contribution is -0.0581. The van der Waals surface area contributed by atoms with Crippen LogP contribution in [0.2, 0.25) is 0 Å². The van der Waals surface area contributed by atoms with Crippen molar-refractivity contribution in [1.29, 1.82) is 0 Å². The van der Waals surface area contributed by atoms with E-state index in [0.29, 0.717) is 47.6 Å².